The number of nitrogens with zero attached hydrogens (tertiary/aromatic N) is 4. The predicted octanol–water partition coefficient (Wildman–Crippen LogP) is 5.04. The van der Waals surface area contributed by atoms with Gasteiger partial charge >= 0.3 is 5.97 Å². The summed E-state index contributed by atoms with van der Waals surface area (Å²) in [7, 11) is 1.48. The first-order chi connectivity index (χ1) is 18.5. The van der Waals surface area contributed by atoms with Gasteiger partial charge in [0.2, 0.25) is 0 Å². The van der Waals surface area contributed by atoms with Crippen LogP contribution in [-0.4, -0.2) is 39.0 Å². The molecule has 2 aliphatic rings. The Bertz CT molecular complexity index is 1640. The van der Waals surface area contributed by atoms with E-state index in [0.717, 1.165) is 45.0 Å². The van der Waals surface area contributed by atoms with E-state index in [1.54, 1.807) is 46.9 Å². The Labute approximate surface area is 226 Å². The molecule has 38 heavy (non-hydrogen) atoms. The van der Waals surface area contributed by atoms with Gasteiger partial charge in [0.05, 0.1) is 17.1 Å². The molecule has 0 spiro atoms. The zero-order chi connectivity index (χ0) is 26.2. The van der Waals surface area contributed by atoms with Gasteiger partial charge < -0.3 is 4.74 Å². The Hall–Kier alpha value is -3.89. The van der Waals surface area contributed by atoms with E-state index < -0.39 is 18.5 Å². The van der Waals surface area contributed by atoms with E-state index in [1.165, 1.54) is 12.1 Å². The number of thiophene rings is 2. The highest BCUT2D eigenvalue weighted by molar-refractivity contribution is 7.11. The topological polar surface area (TPSA) is 93.9 Å². The van der Waals surface area contributed by atoms with E-state index in [2.05, 4.69) is 17.2 Å². The van der Waals surface area contributed by atoms with Crippen molar-refractivity contribution in [1.29, 1.82) is 0 Å². The molecule has 0 radical (unpaired) electrons. The van der Waals surface area contributed by atoms with Crippen molar-refractivity contribution in [2.75, 3.05) is 6.61 Å². The fourth-order valence-corrected chi connectivity index (χ4v) is 6.76. The number of esters is 1. The molecule has 0 bridgehead atoms. The summed E-state index contributed by atoms with van der Waals surface area (Å²) in [4.78, 5) is 41.1. The Morgan fingerprint density at radius 3 is 2.63 bits per heavy atom. The number of allylic oxidation sites excluding steroid dienone is 1. The highest BCUT2D eigenvalue weighted by atomic mass is 32.1. The smallest absolute Gasteiger partial charge is 0.359 e. The number of carbonyl (C=O) groups is 2. The molecule has 2 atom stereocenters. The Kier molecular flexibility index (Phi) is 6.50. The third-order valence-electron chi connectivity index (χ3n) is 6.93. The van der Waals surface area contributed by atoms with Crippen molar-refractivity contribution >= 4 is 57.1 Å². The van der Waals surface area contributed by atoms with E-state index in [4.69, 9.17) is 9.84 Å². The molecule has 0 saturated heterocycles. The molecule has 4 aromatic rings. The molecule has 0 N–H and O–H groups in total. The van der Waals surface area contributed by atoms with Crippen LogP contribution in [0, 0.1) is 5.92 Å². The fourth-order valence-electron chi connectivity index (χ4n) is 5.20. The monoisotopic (exact) mass is 544 g/mol. The number of carbonyl (C=O) groups excluding carboxylic acids is 2. The number of benzene rings is 1. The van der Waals surface area contributed by atoms with Crippen LogP contribution in [0.1, 0.15) is 45.5 Å². The highest BCUT2D eigenvalue weighted by Gasteiger charge is 2.44. The van der Waals surface area contributed by atoms with E-state index in [9.17, 15) is 14.4 Å². The summed E-state index contributed by atoms with van der Waals surface area (Å²) in [6.45, 7) is -0.479. The van der Waals surface area contributed by atoms with Gasteiger partial charge in [0.25, 0.3) is 11.5 Å². The molecule has 1 aliphatic heterocycles. The second kappa shape index (κ2) is 10.1. The summed E-state index contributed by atoms with van der Waals surface area (Å²) in [6, 6.07) is 14.6. The molecule has 6 rings (SSSR count). The molecule has 1 amide bonds. The van der Waals surface area contributed by atoms with Crippen LogP contribution in [0.3, 0.4) is 0 Å². The van der Waals surface area contributed by atoms with E-state index in [0.29, 0.717) is 10.8 Å². The molecular formula is C28H24N4O4S2. The molecule has 10 heteroatoms. The number of ether oxygens (including phenoxy) is 1. The first-order valence-electron chi connectivity index (χ1n) is 12.3. The molecule has 1 aliphatic carbocycles. The Morgan fingerprint density at radius 2 is 1.87 bits per heavy atom. The van der Waals surface area contributed by atoms with Crippen molar-refractivity contribution in [2.24, 2.45) is 18.1 Å². The lowest BCUT2D eigenvalue weighted by atomic mass is 9.79. The minimum atomic E-state index is -0.764. The number of amides is 1. The van der Waals surface area contributed by atoms with Crippen LogP contribution in [-0.2, 0) is 16.6 Å². The van der Waals surface area contributed by atoms with Gasteiger partial charge in [-0.3, -0.25) is 9.59 Å². The van der Waals surface area contributed by atoms with Crippen LogP contribution in [0.4, 0.5) is 0 Å². The molecule has 1 saturated carbocycles. The molecule has 0 unspecified atom stereocenters. The predicted molar refractivity (Wildman–Crippen MR) is 148 cm³/mol. The fraction of sp³-hybridized carbons (Fsp3) is 0.250. The molecule has 1 aromatic carbocycles. The standard InChI is InChI=1S/C28H24N4O4S2/c1-31-27(34)20-10-3-2-9-19(20)25(29-31)28(35)36-16-23(33)32-26(22-12-6-14-38-22)21-11-4-7-17(24(21)30-32)15-18-8-5-13-37-18/h2-3,5-6,8-10,12-15,21,26H,4,7,11,16H2,1H3/b17-15+/t21-,26-/m0/s1. The van der Waals surface area contributed by atoms with Crippen LogP contribution < -0.4 is 5.56 Å². The van der Waals surface area contributed by atoms with Gasteiger partial charge in [-0.1, -0.05) is 30.3 Å². The minimum Gasteiger partial charge on any atom is -0.451 e. The first kappa shape index (κ1) is 24.4. The highest BCUT2D eigenvalue weighted by Crippen LogP contribution is 2.45. The zero-order valence-corrected chi connectivity index (χ0v) is 22.2. The van der Waals surface area contributed by atoms with E-state index in [-0.39, 0.29) is 23.2 Å². The van der Waals surface area contributed by atoms with Crippen molar-refractivity contribution in [1.82, 2.24) is 14.8 Å². The van der Waals surface area contributed by atoms with Crippen LogP contribution >= 0.6 is 22.7 Å². The van der Waals surface area contributed by atoms with Crippen molar-refractivity contribution in [3.05, 3.63) is 90.7 Å². The maximum absolute atomic E-state index is 13.5. The molecule has 3 aromatic heterocycles. The lowest BCUT2D eigenvalue weighted by molar-refractivity contribution is -0.136. The quantitative estimate of drug-likeness (QED) is 0.328. The maximum Gasteiger partial charge on any atom is 0.359 e. The van der Waals surface area contributed by atoms with Gasteiger partial charge in [-0.15, -0.1) is 22.7 Å². The van der Waals surface area contributed by atoms with Crippen molar-refractivity contribution in [3.8, 4) is 0 Å². The van der Waals surface area contributed by atoms with Gasteiger partial charge in [0.15, 0.2) is 12.3 Å². The van der Waals surface area contributed by atoms with Crippen molar-refractivity contribution in [3.63, 3.8) is 0 Å². The second-order valence-corrected chi connectivity index (χ2v) is 11.2. The van der Waals surface area contributed by atoms with Gasteiger partial charge in [-0.25, -0.2) is 14.5 Å². The summed E-state index contributed by atoms with van der Waals surface area (Å²) < 4.78 is 6.55. The number of aryl methyl sites for hydroxylation is 1. The van der Waals surface area contributed by atoms with Crippen molar-refractivity contribution < 1.29 is 14.3 Å². The summed E-state index contributed by atoms with van der Waals surface area (Å²) in [6.07, 6.45) is 5.03. The molecule has 8 nitrogen and oxygen atoms in total. The van der Waals surface area contributed by atoms with Gasteiger partial charge in [0, 0.05) is 28.1 Å². The summed E-state index contributed by atoms with van der Waals surface area (Å²) >= 11 is 3.27. The molecular weight excluding hydrogens is 520 g/mol. The minimum absolute atomic E-state index is 0.00659. The van der Waals surface area contributed by atoms with Crippen molar-refractivity contribution in [2.45, 2.75) is 25.3 Å². The lowest BCUT2D eigenvalue weighted by Crippen LogP contribution is -2.34. The van der Waals surface area contributed by atoms with Crippen LogP contribution in [0.15, 0.2) is 74.8 Å². The molecule has 192 valence electrons. The third kappa shape index (κ3) is 4.39. The average Bonchev–Trinajstić information content (AvgIpc) is 3.70. The molecule has 1 fully saturated rings. The summed E-state index contributed by atoms with van der Waals surface area (Å²) in [5.41, 5.74) is 1.77. The Balaban J connectivity index is 1.28. The normalized spacial score (nSPS) is 20.0. The van der Waals surface area contributed by atoms with Gasteiger partial charge in [0.1, 0.15) is 0 Å². The second-order valence-electron chi connectivity index (χ2n) is 9.27. The van der Waals surface area contributed by atoms with E-state index in [1.807, 2.05) is 29.0 Å². The van der Waals surface area contributed by atoms with Gasteiger partial charge in [-0.2, -0.15) is 10.2 Å². The summed E-state index contributed by atoms with van der Waals surface area (Å²) in [5, 5.41) is 15.2. The van der Waals surface area contributed by atoms with Crippen LogP contribution in [0.25, 0.3) is 16.8 Å². The van der Waals surface area contributed by atoms with Gasteiger partial charge in [-0.05, 0) is 59.9 Å². The number of aromatic nitrogens is 2. The zero-order valence-electron chi connectivity index (χ0n) is 20.6. The maximum atomic E-state index is 13.5. The average molecular weight is 545 g/mol. The number of hydrogen-bond acceptors (Lipinski definition) is 8. The van der Waals surface area contributed by atoms with Crippen LogP contribution in [0.2, 0.25) is 0 Å². The largest absolute Gasteiger partial charge is 0.451 e. The SMILES string of the molecule is Cn1nc(C(=O)OCC(=O)N2N=C3/C(=C/c4cccs4)CCC[C@@H]3[C@H]2c2cccs2)c2ccccc2c1=O. The third-order valence-corrected chi connectivity index (χ3v) is 8.69. The van der Waals surface area contributed by atoms with E-state index >= 15 is 0 Å². The number of hydrazone groups is 1. The Morgan fingerprint density at radius 1 is 1.08 bits per heavy atom. The lowest BCUT2D eigenvalue weighted by Gasteiger charge is -2.28. The van der Waals surface area contributed by atoms with Crippen LogP contribution in [0.5, 0.6) is 0 Å². The number of fused-ring (bicyclic) bond motifs is 2. The number of hydrogen-bond donors (Lipinski definition) is 0. The number of rotatable bonds is 5. The molecule has 4 heterocycles. The summed E-state index contributed by atoms with van der Waals surface area (Å²) in [5.74, 6) is -1.08. The first-order valence-corrected chi connectivity index (χ1v) is 14.1.